The molecule has 0 bridgehead atoms. The number of hydrogen-bond donors (Lipinski definition) is 0. The molecule has 1 fully saturated rings. The van der Waals surface area contributed by atoms with Crippen LogP contribution >= 0.6 is 11.3 Å². The van der Waals surface area contributed by atoms with Gasteiger partial charge in [-0.25, -0.2) is 4.39 Å². The molecule has 9 nitrogen and oxygen atoms in total. The number of likely N-dealkylation sites (tertiary alicyclic amines) is 1. The second-order valence-corrected chi connectivity index (χ2v) is 9.21. The van der Waals surface area contributed by atoms with E-state index >= 15 is 0 Å². The molecule has 0 saturated carbocycles. The van der Waals surface area contributed by atoms with Crippen LogP contribution in [0, 0.1) is 5.82 Å². The largest absolute Gasteiger partial charge is 0.339 e. The fourth-order valence-corrected chi connectivity index (χ4v) is 5.35. The summed E-state index contributed by atoms with van der Waals surface area (Å²) in [7, 11) is 1.72. The average molecular weight is 466 g/mol. The van der Waals surface area contributed by atoms with E-state index in [1.54, 1.807) is 23.7 Å². The van der Waals surface area contributed by atoms with E-state index in [2.05, 4.69) is 25.2 Å². The molecule has 33 heavy (non-hydrogen) atoms. The monoisotopic (exact) mass is 465 g/mol. The molecule has 11 heteroatoms. The van der Waals surface area contributed by atoms with Crippen molar-refractivity contribution in [2.24, 2.45) is 7.05 Å². The maximum Gasteiger partial charge on any atom is 0.272 e. The van der Waals surface area contributed by atoms with E-state index in [4.69, 9.17) is 4.52 Å². The molecule has 0 N–H and O–H groups in total. The van der Waals surface area contributed by atoms with Crippen LogP contribution in [0.4, 0.5) is 4.39 Å². The summed E-state index contributed by atoms with van der Waals surface area (Å²) in [6.07, 6.45) is 1.91. The average Bonchev–Trinajstić information content (AvgIpc) is 3.57. The van der Waals surface area contributed by atoms with Crippen LogP contribution in [-0.4, -0.2) is 47.3 Å². The summed E-state index contributed by atoms with van der Waals surface area (Å²) in [6.45, 7) is 2.23. The van der Waals surface area contributed by atoms with Crippen molar-refractivity contribution in [3.05, 3.63) is 63.6 Å². The van der Waals surface area contributed by atoms with Crippen LogP contribution in [0.15, 0.2) is 45.0 Å². The lowest BCUT2D eigenvalue weighted by atomic mass is 9.98. The number of nitrogens with zero attached hydrogens (tertiary/aromatic N) is 7. The Balaban J connectivity index is 1.26. The second kappa shape index (κ2) is 7.85. The first kappa shape index (κ1) is 20.2. The topological polar surface area (TPSA) is 94.3 Å². The third-order valence-electron chi connectivity index (χ3n) is 6.14. The number of aromatic nitrogens is 6. The first-order valence-electron chi connectivity index (χ1n) is 10.7. The summed E-state index contributed by atoms with van der Waals surface area (Å²) in [5.41, 5.74) is 1.37. The lowest BCUT2D eigenvalue weighted by Crippen LogP contribution is -2.34. The predicted octanol–water partition coefficient (Wildman–Crippen LogP) is 3.21. The van der Waals surface area contributed by atoms with Crippen molar-refractivity contribution < 1.29 is 8.91 Å². The maximum absolute atomic E-state index is 13.6. The lowest BCUT2D eigenvalue weighted by molar-refractivity contribution is 0.176. The summed E-state index contributed by atoms with van der Waals surface area (Å²) in [4.78, 5) is 19.4. The Bertz CT molecular complexity index is 1530. The normalized spacial score (nSPS) is 17.3. The van der Waals surface area contributed by atoms with Crippen molar-refractivity contribution in [2.45, 2.75) is 25.3 Å². The van der Waals surface area contributed by atoms with E-state index in [1.165, 1.54) is 23.5 Å². The van der Waals surface area contributed by atoms with Crippen LogP contribution in [0.5, 0.6) is 0 Å². The molecular formula is C22H20FN7O2S. The third-order valence-corrected chi connectivity index (χ3v) is 7.03. The number of benzene rings is 1. The van der Waals surface area contributed by atoms with E-state index in [0.717, 1.165) is 37.3 Å². The summed E-state index contributed by atoms with van der Waals surface area (Å²) >= 11 is 1.43. The molecule has 0 amide bonds. The third kappa shape index (κ3) is 3.44. The molecule has 4 aromatic heterocycles. The molecule has 1 aliphatic heterocycles. The van der Waals surface area contributed by atoms with Crippen LogP contribution in [0.1, 0.15) is 30.5 Å². The van der Waals surface area contributed by atoms with Crippen LogP contribution in [0.25, 0.3) is 27.4 Å². The molecule has 1 aliphatic rings. The highest BCUT2D eigenvalue weighted by Gasteiger charge is 2.28. The van der Waals surface area contributed by atoms with Crippen molar-refractivity contribution in [3.63, 3.8) is 0 Å². The molecule has 1 atom stereocenters. The fourth-order valence-electron chi connectivity index (χ4n) is 4.50. The summed E-state index contributed by atoms with van der Waals surface area (Å²) < 4.78 is 23.3. The van der Waals surface area contributed by atoms with Crippen LogP contribution < -0.4 is 5.56 Å². The minimum Gasteiger partial charge on any atom is -0.339 e. The van der Waals surface area contributed by atoms with Crippen molar-refractivity contribution in [1.82, 2.24) is 34.2 Å². The lowest BCUT2D eigenvalue weighted by Gasteiger charge is -2.30. The van der Waals surface area contributed by atoms with Gasteiger partial charge in [0.15, 0.2) is 5.82 Å². The SMILES string of the molecule is Cn1c(=O)c2sccc2n2c(CN3CCCC(c4nc(-c5cccc(F)c5)no4)C3)nnc12. The summed E-state index contributed by atoms with van der Waals surface area (Å²) in [5, 5.41) is 14.7. The number of thiophene rings is 1. The molecule has 1 aromatic carbocycles. The van der Waals surface area contributed by atoms with Gasteiger partial charge >= 0.3 is 0 Å². The van der Waals surface area contributed by atoms with E-state index in [-0.39, 0.29) is 17.3 Å². The van der Waals surface area contributed by atoms with Gasteiger partial charge in [-0.2, -0.15) is 4.98 Å². The van der Waals surface area contributed by atoms with Crippen molar-refractivity contribution >= 4 is 27.3 Å². The summed E-state index contributed by atoms with van der Waals surface area (Å²) in [6, 6.07) is 8.12. The van der Waals surface area contributed by atoms with E-state index in [0.29, 0.717) is 34.3 Å². The molecule has 5 heterocycles. The molecule has 0 spiro atoms. The molecular weight excluding hydrogens is 445 g/mol. The van der Waals surface area contributed by atoms with Gasteiger partial charge in [-0.3, -0.25) is 18.7 Å². The number of fused-ring (bicyclic) bond motifs is 3. The van der Waals surface area contributed by atoms with Gasteiger partial charge in [0.05, 0.1) is 18.0 Å². The fraction of sp³-hybridized carbons (Fsp3) is 0.318. The number of rotatable bonds is 4. The van der Waals surface area contributed by atoms with Gasteiger partial charge in [0.1, 0.15) is 10.5 Å². The quantitative estimate of drug-likeness (QED) is 0.402. The minimum absolute atomic E-state index is 0.0602. The minimum atomic E-state index is -0.333. The van der Waals surface area contributed by atoms with Gasteiger partial charge in [-0.1, -0.05) is 17.3 Å². The number of aryl methyl sites for hydroxylation is 1. The standard InChI is InChI=1S/C22H20FN7O2S/c1-28-21(31)18-16(7-9-33-18)30-17(25-26-22(28)30)12-29-8-3-5-14(11-29)20-24-19(27-32-20)13-4-2-6-15(23)10-13/h2,4,6-7,9-10,14H,3,5,8,11-12H2,1H3. The first-order chi connectivity index (χ1) is 16.1. The molecule has 5 aromatic rings. The van der Waals surface area contributed by atoms with Crippen molar-refractivity contribution in [2.75, 3.05) is 13.1 Å². The molecule has 0 radical (unpaired) electrons. The smallest absolute Gasteiger partial charge is 0.272 e. The Hall–Kier alpha value is -3.44. The van der Waals surface area contributed by atoms with Crippen LogP contribution in [-0.2, 0) is 13.6 Å². The zero-order valence-electron chi connectivity index (χ0n) is 17.8. The zero-order valence-corrected chi connectivity index (χ0v) is 18.6. The molecule has 0 aliphatic carbocycles. The van der Waals surface area contributed by atoms with Gasteiger partial charge in [0.25, 0.3) is 5.56 Å². The van der Waals surface area contributed by atoms with E-state index in [9.17, 15) is 9.18 Å². The second-order valence-electron chi connectivity index (χ2n) is 8.29. The maximum atomic E-state index is 13.6. The molecule has 1 unspecified atom stereocenters. The Morgan fingerprint density at radius 3 is 3.06 bits per heavy atom. The van der Waals surface area contributed by atoms with Crippen molar-refractivity contribution in [1.29, 1.82) is 0 Å². The Morgan fingerprint density at radius 2 is 2.18 bits per heavy atom. The van der Waals surface area contributed by atoms with E-state index in [1.807, 2.05) is 15.8 Å². The highest BCUT2D eigenvalue weighted by molar-refractivity contribution is 7.17. The predicted molar refractivity (Wildman–Crippen MR) is 121 cm³/mol. The van der Waals surface area contributed by atoms with Gasteiger partial charge < -0.3 is 4.52 Å². The first-order valence-corrected chi connectivity index (χ1v) is 11.6. The number of halogens is 1. The Labute approximate surface area is 191 Å². The zero-order chi connectivity index (χ0) is 22.5. The Kier molecular flexibility index (Phi) is 4.80. The van der Waals surface area contributed by atoms with Gasteiger partial charge in [-0.05, 0) is 43.0 Å². The van der Waals surface area contributed by atoms with Crippen LogP contribution in [0.3, 0.4) is 0 Å². The summed E-state index contributed by atoms with van der Waals surface area (Å²) in [5.74, 6) is 2.03. The van der Waals surface area contributed by atoms with Gasteiger partial charge in [0.2, 0.25) is 17.5 Å². The van der Waals surface area contributed by atoms with Gasteiger partial charge in [-0.15, -0.1) is 21.5 Å². The number of hydrogen-bond acceptors (Lipinski definition) is 8. The van der Waals surface area contributed by atoms with Gasteiger partial charge in [0, 0.05) is 19.2 Å². The molecule has 168 valence electrons. The Morgan fingerprint density at radius 1 is 1.27 bits per heavy atom. The number of piperidine rings is 1. The molecule has 1 saturated heterocycles. The highest BCUT2D eigenvalue weighted by atomic mass is 32.1. The highest BCUT2D eigenvalue weighted by Crippen LogP contribution is 2.29. The van der Waals surface area contributed by atoms with Crippen molar-refractivity contribution in [3.8, 4) is 11.4 Å². The van der Waals surface area contributed by atoms with E-state index < -0.39 is 0 Å². The molecule has 6 rings (SSSR count). The van der Waals surface area contributed by atoms with Crippen LogP contribution in [0.2, 0.25) is 0 Å².